The number of hydrogen-bond donors (Lipinski definition) is 2. The van der Waals surface area contributed by atoms with Crippen molar-refractivity contribution in [3.63, 3.8) is 0 Å². The van der Waals surface area contributed by atoms with Crippen LogP contribution < -0.4 is 10.6 Å². The van der Waals surface area contributed by atoms with Gasteiger partial charge in [-0.15, -0.1) is 0 Å². The van der Waals surface area contributed by atoms with Gasteiger partial charge in [0, 0.05) is 23.5 Å². The molecule has 22 heavy (non-hydrogen) atoms. The lowest BCUT2D eigenvalue weighted by atomic mass is 10.0. The van der Waals surface area contributed by atoms with Gasteiger partial charge in [0.15, 0.2) is 0 Å². The van der Waals surface area contributed by atoms with E-state index in [2.05, 4.69) is 76.4 Å². The molecule has 0 aliphatic carbocycles. The van der Waals surface area contributed by atoms with Gasteiger partial charge in [0.25, 0.3) is 0 Å². The lowest BCUT2D eigenvalue weighted by Gasteiger charge is -2.19. The van der Waals surface area contributed by atoms with E-state index < -0.39 is 0 Å². The molecule has 0 radical (unpaired) electrons. The predicted molar refractivity (Wildman–Crippen MR) is 101 cm³/mol. The minimum atomic E-state index is 0.524. The lowest BCUT2D eigenvalue weighted by molar-refractivity contribution is 0.527. The summed E-state index contributed by atoms with van der Waals surface area (Å²) >= 11 is 0. The van der Waals surface area contributed by atoms with E-state index in [1.807, 2.05) is 0 Å². The Morgan fingerprint density at radius 2 is 1.09 bits per heavy atom. The highest BCUT2D eigenvalue weighted by molar-refractivity contribution is 5.57. The van der Waals surface area contributed by atoms with E-state index in [4.69, 9.17) is 0 Å². The molecule has 0 saturated carbocycles. The van der Waals surface area contributed by atoms with E-state index in [0.717, 1.165) is 11.8 Å². The van der Waals surface area contributed by atoms with Crippen molar-refractivity contribution in [3.05, 3.63) is 24.3 Å². The standard InChI is InChI=1S/C20H36N2/c1-15(2)10-12-17(5)21-19-8-7-9-20(14-19)22-18(6)13-11-16(3)4/h7-9,14-18,21-22H,10-13H2,1-6H3. The Hall–Kier alpha value is -1.18. The summed E-state index contributed by atoms with van der Waals surface area (Å²) < 4.78 is 0. The smallest absolute Gasteiger partial charge is 0.0362 e. The van der Waals surface area contributed by atoms with Gasteiger partial charge in [-0.05, 0) is 69.6 Å². The number of rotatable bonds is 10. The van der Waals surface area contributed by atoms with Crippen LogP contribution in [0.3, 0.4) is 0 Å². The second kappa shape index (κ2) is 9.76. The fourth-order valence-electron chi connectivity index (χ4n) is 2.58. The summed E-state index contributed by atoms with van der Waals surface area (Å²) in [6, 6.07) is 9.74. The second-order valence-electron chi connectivity index (χ2n) is 7.61. The molecule has 0 spiro atoms. The summed E-state index contributed by atoms with van der Waals surface area (Å²) in [7, 11) is 0. The van der Waals surface area contributed by atoms with Crippen molar-refractivity contribution in [1.29, 1.82) is 0 Å². The molecular formula is C20H36N2. The summed E-state index contributed by atoms with van der Waals surface area (Å²) in [5, 5.41) is 7.24. The van der Waals surface area contributed by atoms with Crippen LogP contribution in [0.4, 0.5) is 11.4 Å². The minimum absolute atomic E-state index is 0.524. The molecule has 2 atom stereocenters. The summed E-state index contributed by atoms with van der Waals surface area (Å²) in [5.74, 6) is 1.55. The van der Waals surface area contributed by atoms with Crippen molar-refractivity contribution < 1.29 is 0 Å². The molecule has 1 rings (SSSR count). The van der Waals surface area contributed by atoms with E-state index in [9.17, 15) is 0 Å². The average molecular weight is 305 g/mol. The maximum atomic E-state index is 3.62. The first-order valence-corrected chi connectivity index (χ1v) is 9.00. The van der Waals surface area contributed by atoms with Crippen molar-refractivity contribution in [2.45, 2.75) is 79.3 Å². The highest BCUT2D eigenvalue weighted by Crippen LogP contribution is 2.19. The third kappa shape index (κ3) is 8.31. The first-order chi connectivity index (χ1) is 10.4. The normalized spacial score (nSPS) is 14.2. The van der Waals surface area contributed by atoms with E-state index in [1.54, 1.807) is 0 Å². The molecular weight excluding hydrogens is 268 g/mol. The Morgan fingerprint density at radius 1 is 0.682 bits per heavy atom. The molecule has 126 valence electrons. The molecule has 0 bridgehead atoms. The van der Waals surface area contributed by atoms with E-state index in [1.165, 1.54) is 37.1 Å². The Labute approximate surface area is 138 Å². The third-order valence-electron chi connectivity index (χ3n) is 4.04. The predicted octanol–water partition coefficient (Wildman–Crippen LogP) is 6.16. The lowest BCUT2D eigenvalue weighted by Crippen LogP contribution is -2.17. The van der Waals surface area contributed by atoms with Gasteiger partial charge in [0.05, 0.1) is 0 Å². The van der Waals surface area contributed by atoms with Crippen molar-refractivity contribution in [2.24, 2.45) is 11.8 Å². The number of anilines is 2. The molecule has 0 amide bonds. The Balaban J connectivity index is 2.47. The van der Waals surface area contributed by atoms with Gasteiger partial charge < -0.3 is 10.6 Å². The first-order valence-electron chi connectivity index (χ1n) is 9.00. The average Bonchev–Trinajstić information content (AvgIpc) is 2.43. The van der Waals surface area contributed by atoms with Gasteiger partial charge in [0.2, 0.25) is 0 Å². The SMILES string of the molecule is CC(C)CCC(C)Nc1cccc(NC(C)CCC(C)C)c1. The van der Waals surface area contributed by atoms with E-state index >= 15 is 0 Å². The second-order valence-corrected chi connectivity index (χ2v) is 7.61. The molecule has 0 heterocycles. The Bertz CT molecular complexity index is 377. The van der Waals surface area contributed by atoms with Crippen LogP contribution in [0.25, 0.3) is 0 Å². The summed E-state index contributed by atoms with van der Waals surface area (Å²) in [5.41, 5.74) is 2.44. The molecule has 1 aromatic carbocycles. The van der Waals surface area contributed by atoms with E-state index in [-0.39, 0.29) is 0 Å². The monoisotopic (exact) mass is 304 g/mol. The van der Waals surface area contributed by atoms with Crippen LogP contribution in [-0.4, -0.2) is 12.1 Å². The van der Waals surface area contributed by atoms with Crippen LogP contribution in [0.15, 0.2) is 24.3 Å². The van der Waals surface area contributed by atoms with E-state index in [0.29, 0.717) is 12.1 Å². The van der Waals surface area contributed by atoms with Crippen molar-refractivity contribution in [2.75, 3.05) is 10.6 Å². The molecule has 1 aromatic rings. The van der Waals surface area contributed by atoms with Crippen LogP contribution >= 0.6 is 0 Å². The zero-order valence-electron chi connectivity index (χ0n) is 15.4. The molecule has 0 aliphatic heterocycles. The van der Waals surface area contributed by atoms with Crippen LogP contribution in [0.5, 0.6) is 0 Å². The fourth-order valence-corrected chi connectivity index (χ4v) is 2.58. The summed E-state index contributed by atoms with van der Waals surface area (Å²) in [6.07, 6.45) is 5.00. The highest BCUT2D eigenvalue weighted by atomic mass is 14.9. The Kier molecular flexibility index (Phi) is 8.37. The zero-order chi connectivity index (χ0) is 16.5. The van der Waals surface area contributed by atoms with Crippen LogP contribution in [0.2, 0.25) is 0 Å². The maximum absolute atomic E-state index is 3.62. The third-order valence-corrected chi connectivity index (χ3v) is 4.04. The minimum Gasteiger partial charge on any atom is -0.383 e. The Morgan fingerprint density at radius 3 is 1.45 bits per heavy atom. The molecule has 0 aliphatic rings. The highest BCUT2D eigenvalue weighted by Gasteiger charge is 2.06. The molecule has 2 unspecified atom stereocenters. The van der Waals surface area contributed by atoms with Gasteiger partial charge in [-0.25, -0.2) is 0 Å². The maximum Gasteiger partial charge on any atom is 0.0362 e. The molecule has 2 nitrogen and oxygen atoms in total. The van der Waals surface area contributed by atoms with Crippen molar-refractivity contribution >= 4 is 11.4 Å². The quantitative estimate of drug-likeness (QED) is 0.541. The number of hydrogen-bond acceptors (Lipinski definition) is 2. The van der Waals surface area contributed by atoms with Crippen LogP contribution in [-0.2, 0) is 0 Å². The molecule has 0 saturated heterocycles. The van der Waals surface area contributed by atoms with Gasteiger partial charge in [-0.1, -0.05) is 33.8 Å². The van der Waals surface area contributed by atoms with Crippen LogP contribution in [0, 0.1) is 11.8 Å². The van der Waals surface area contributed by atoms with Gasteiger partial charge >= 0.3 is 0 Å². The van der Waals surface area contributed by atoms with Gasteiger partial charge in [-0.3, -0.25) is 0 Å². The largest absolute Gasteiger partial charge is 0.383 e. The number of benzene rings is 1. The van der Waals surface area contributed by atoms with Crippen molar-refractivity contribution in [1.82, 2.24) is 0 Å². The van der Waals surface area contributed by atoms with Gasteiger partial charge in [-0.2, -0.15) is 0 Å². The molecule has 2 N–H and O–H groups in total. The topological polar surface area (TPSA) is 24.1 Å². The summed E-state index contributed by atoms with van der Waals surface area (Å²) in [4.78, 5) is 0. The zero-order valence-corrected chi connectivity index (χ0v) is 15.4. The molecule has 2 heteroatoms. The molecule has 0 aromatic heterocycles. The van der Waals surface area contributed by atoms with Gasteiger partial charge in [0.1, 0.15) is 0 Å². The molecule has 0 fully saturated rings. The first kappa shape index (κ1) is 18.9. The van der Waals surface area contributed by atoms with Crippen molar-refractivity contribution in [3.8, 4) is 0 Å². The summed E-state index contributed by atoms with van der Waals surface area (Å²) in [6.45, 7) is 13.7. The number of nitrogens with one attached hydrogen (secondary N) is 2. The fraction of sp³-hybridized carbons (Fsp3) is 0.700. The van der Waals surface area contributed by atoms with Crippen LogP contribution in [0.1, 0.15) is 67.2 Å².